The Hall–Kier alpha value is -0.750. The third kappa shape index (κ3) is 2.55. The lowest BCUT2D eigenvalue weighted by molar-refractivity contribution is 0.630. The zero-order valence-corrected chi connectivity index (χ0v) is 14.3. The number of hydrogen-bond donors (Lipinski definition) is 1. The van der Waals surface area contributed by atoms with Gasteiger partial charge in [0, 0.05) is 23.8 Å². The Bertz CT molecular complexity index is 762. The first kappa shape index (κ1) is 14.2. The molecule has 0 aliphatic heterocycles. The fraction of sp³-hybridized carbons (Fsp3) is 0.200. The van der Waals surface area contributed by atoms with E-state index in [-0.39, 0.29) is 11.9 Å². The molecule has 2 heterocycles. The van der Waals surface area contributed by atoms with Gasteiger partial charge in [-0.3, -0.25) is 0 Å². The van der Waals surface area contributed by atoms with Gasteiger partial charge in [-0.15, -0.1) is 22.7 Å². The topological polar surface area (TPSA) is 12.0 Å². The Kier molecular flexibility index (Phi) is 3.95. The molecular formula is C15H13BrFNS2. The first-order valence-electron chi connectivity index (χ1n) is 6.20. The van der Waals surface area contributed by atoms with Crippen LogP contribution in [-0.4, -0.2) is 7.05 Å². The second kappa shape index (κ2) is 5.56. The average molecular weight is 370 g/mol. The van der Waals surface area contributed by atoms with Gasteiger partial charge in [0.15, 0.2) is 0 Å². The van der Waals surface area contributed by atoms with Crippen LogP contribution < -0.4 is 5.32 Å². The summed E-state index contributed by atoms with van der Waals surface area (Å²) in [7, 11) is 1.96. The van der Waals surface area contributed by atoms with Gasteiger partial charge >= 0.3 is 0 Å². The maximum atomic E-state index is 13.3. The first-order chi connectivity index (χ1) is 9.58. The highest BCUT2D eigenvalue weighted by Crippen LogP contribution is 2.39. The number of aryl methyl sites for hydroxylation is 1. The molecule has 0 radical (unpaired) electrons. The van der Waals surface area contributed by atoms with Crippen LogP contribution in [0.1, 0.15) is 20.7 Å². The number of rotatable bonds is 3. The Morgan fingerprint density at radius 3 is 2.65 bits per heavy atom. The molecule has 0 spiro atoms. The zero-order valence-electron chi connectivity index (χ0n) is 11.0. The lowest BCUT2D eigenvalue weighted by Gasteiger charge is -2.13. The van der Waals surface area contributed by atoms with E-state index in [0.717, 1.165) is 14.6 Å². The molecule has 3 rings (SSSR count). The summed E-state index contributed by atoms with van der Waals surface area (Å²) in [4.78, 5) is 3.74. The summed E-state index contributed by atoms with van der Waals surface area (Å²) in [6.07, 6.45) is 0. The van der Waals surface area contributed by atoms with E-state index in [9.17, 15) is 4.39 Å². The molecule has 0 aliphatic rings. The molecule has 0 amide bonds. The zero-order chi connectivity index (χ0) is 14.3. The fourth-order valence-corrected chi connectivity index (χ4v) is 5.56. The van der Waals surface area contributed by atoms with Gasteiger partial charge in [-0.05, 0) is 59.6 Å². The number of halogens is 2. The van der Waals surface area contributed by atoms with Crippen LogP contribution in [0.3, 0.4) is 0 Å². The third-order valence-electron chi connectivity index (χ3n) is 3.17. The van der Waals surface area contributed by atoms with Crippen molar-refractivity contribution in [3.63, 3.8) is 0 Å². The van der Waals surface area contributed by atoms with Gasteiger partial charge in [0.05, 0.1) is 6.04 Å². The minimum atomic E-state index is -0.181. The standard InChI is InChI=1S/C15H13BrFNS2/c1-8-5-11(16)15(19-8)14(18-2)13-6-9-3-4-10(17)7-12(9)20-13/h3-7,14,18H,1-2H3. The van der Waals surface area contributed by atoms with E-state index in [4.69, 9.17) is 0 Å². The SMILES string of the molecule is CNC(c1cc2ccc(F)cc2s1)c1sc(C)cc1Br. The number of fused-ring (bicyclic) bond motifs is 1. The Morgan fingerprint density at radius 1 is 1.20 bits per heavy atom. The van der Waals surface area contributed by atoms with Crippen LogP contribution in [0.25, 0.3) is 10.1 Å². The fourth-order valence-electron chi connectivity index (χ4n) is 2.27. The molecule has 1 N–H and O–H groups in total. The van der Waals surface area contributed by atoms with Crippen LogP contribution in [0.2, 0.25) is 0 Å². The molecule has 2 aromatic heterocycles. The molecule has 0 fully saturated rings. The van der Waals surface area contributed by atoms with E-state index in [1.807, 2.05) is 13.1 Å². The van der Waals surface area contributed by atoms with Gasteiger partial charge in [0.2, 0.25) is 0 Å². The molecule has 1 aromatic carbocycles. The molecule has 0 saturated heterocycles. The van der Waals surface area contributed by atoms with Crippen molar-refractivity contribution in [2.75, 3.05) is 7.05 Å². The van der Waals surface area contributed by atoms with Gasteiger partial charge in [0.25, 0.3) is 0 Å². The van der Waals surface area contributed by atoms with E-state index in [1.165, 1.54) is 20.7 Å². The van der Waals surface area contributed by atoms with Crippen molar-refractivity contribution in [2.24, 2.45) is 0 Å². The van der Waals surface area contributed by atoms with Gasteiger partial charge in [-0.25, -0.2) is 4.39 Å². The summed E-state index contributed by atoms with van der Waals surface area (Å²) in [6, 6.07) is 9.37. The predicted molar refractivity (Wildman–Crippen MR) is 89.4 cm³/mol. The largest absolute Gasteiger partial charge is 0.308 e. The Labute approximate surface area is 133 Å². The monoisotopic (exact) mass is 369 g/mol. The predicted octanol–water partition coefficient (Wildman–Crippen LogP) is 5.48. The van der Waals surface area contributed by atoms with Crippen LogP contribution in [0, 0.1) is 12.7 Å². The Balaban J connectivity index is 2.09. The molecule has 3 aromatic rings. The van der Waals surface area contributed by atoms with Crippen molar-refractivity contribution in [1.29, 1.82) is 0 Å². The normalized spacial score (nSPS) is 13.0. The molecular weight excluding hydrogens is 357 g/mol. The first-order valence-corrected chi connectivity index (χ1v) is 8.63. The minimum Gasteiger partial charge on any atom is -0.308 e. The molecule has 1 unspecified atom stereocenters. The highest BCUT2D eigenvalue weighted by molar-refractivity contribution is 9.10. The molecule has 0 saturated carbocycles. The number of benzene rings is 1. The second-order valence-corrected chi connectivity index (χ2v) is 7.88. The quantitative estimate of drug-likeness (QED) is 0.644. The van der Waals surface area contributed by atoms with E-state index in [1.54, 1.807) is 28.7 Å². The van der Waals surface area contributed by atoms with Crippen LogP contribution in [0.15, 0.2) is 34.8 Å². The van der Waals surface area contributed by atoms with Crippen molar-refractivity contribution < 1.29 is 4.39 Å². The number of thiophene rings is 2. The van der Waals surface area contributed by atoms with Gasteiger partial charge in [-0.2, -0.15) is 0 Å². The van der Waals surface area contributed by atoms with E-state index in [0.29, 0.717) is 0 Å². The lowest BCUT2D eigenvalue weighted by Crippen LogP contribution is -2.15. The van der Waals surface area contributed by atoms with Gasteiger partial charge in [-0.1, -0.05) is 6.07 Å². The smallest absolute Gasteiger partial charge is 0.124 e. The summed E-state index contributed by atoms with van der Waals surface area (Å²) < 4.78 is 15.4. The second-order valence-electron chi connectivity index (χ2n) is 4.62. The molecule has 1 nitrogen and oxygen atoms in total. The summed E-state index contributed by atoms with van der Waals surface area (Å²) in [6.45, 7) is 2.10. The number of nitrogens with one attached hydrogen (secondary N) is 1. The third-order valence-corrected chi connectivity index (χ3v) is 6.37. The number of hydrogen-bond acceptors (Lipinski definition) is 3. The maximum Gasteiger partial charge on any atom is 0.124 e. The van der Waals surface area contributed by atoms with E-state index >= 15 is 0 Å². The lowest BCUT2D eigenvalue weighted by atomic mass is 10.1. The Morgan fingerprint density at radius 2 is 2.00 bits per heavy atom. The van der Waals surface area contributed by atoms with Crippen LogP contribution in [-0.2, 0) is 0 Å². The van der Waals surface area contributed by atoms with Crippen molar-refractivity contribution >= 4 is 48.7 Å². The summed E-state index contributed by atoms with van der Waals surface area (Å²) in [5, 5.41) is 4.46. The summed E-state index contributed by atoms with van der Waals surface area (Å²) in [5.41, 5.74) is 0. The minimum absolute atomic E-state index is 0.142. The molecule has 0 aliphatic carbocycles. The van der Waals surface area contributed by atoms with Crippen molar-refractivity contribution in [3.8, 4) is 0 Å². The molecule has 1 atom stereocenters. The highest BCUT2D eigenvalue weighted by Gasteiger charge is 2.19. The van der Waals surface area contributed by atoms with E-state index < -0.39 is 0 Å². The highest BCUT2D eigenvalue weighted by atomic mass is 79.9. The summed E-state index contributed by atoms with van der Waals surface area (Å²) in [5.74, 6) is -0.181. The van der Waals surface area contributed by atoms with Crippen LogP contribution in [0.4, 0.5) is 4.39 Å². The molecule has 5 heteroatoms. The molecule has 0 bridgehead atoms. The maximum absolute atomic E-state index is 13.3. The van der Waals surface area contributed by atoms with Crippen molar-refractivity contribution in [3.05, 3.63) is 55.3 Å². The van der Waals surface area contributed by atoms with E-state index in [2.05, 4.69) is 40.3 Å². The molecule has 20 heavy (non-hydrogen) atoms. The summed E-state index contributed by atoms with van der Waals surface area (Å²) >= 11 is 7.04. The van der Waals surface area contributed by atoms with Crippen molar-refractivity contribution in [2.45, 2.75) is 13.0 Å². The van der Waals surface area contributed by atoms with Gasteiger partial charge < -0.3 is 5.32 Å². The van der Waals surface area contributed by atoms with Crippen molar-refractivity contribution in [1.82, 2.24) is 5.32 Å². The van der Waals surface area contributed by atoms with Crippen LogP contribution in [0.5, 0.6) is 0 Å². The van der Waals surface area contributed by atoms with Crippen LogP contribution >= 0.6 is 38.6 Å². The average Bonchev–Trinajstić information content (AvgIpc) is 2.94. The molecule has 104 valence electrons. The van der Waals surface area contributed by atoms with Gasteiger partial charge in [0.1, 0.15) is 5.82 Å².